The number of aliphatic hydroxyl groups is 1. The quantitative estimate of drug-likeness (QED) is 0.357. The van der Waals surface area contributed by atoms with Crippen molar-refractivity contribution in [3.63, 3.8) is 0 Å². The highest BCUT2D eigenvalue weighted by Crippen LogP contribution is 1.72. The molecule has 0 saturated carbocycles. The minimum absolute atomic E-state index is 0.252. The van der Waals surface area contributed by atoms with Gasteiger partial charge in [-0.15, -0.1) is 0 Å². The van der Waals surface area contributed by atoms with Gasteiger partial charge >= 0.3 is 0 Å². The van der Waals surface area contributed by atoms with Crippen molar-refractivity contribution >= 4 is 10.5 Å². The van der Waals surface area contributed by atoms with Crippen molar-refractivity contribution in [1.29, 1.82) is 0 Å². The van der Waals surface area contributed by atoms with Crippen LogP contribution in [0, 0.1) is 0 Å². The van der Waals surface area contributed by atoms with Gasteiger partial charge < -0.3 is 9.53 Å². The lowest BCUT2D eigenvalue weighted by atomic mass is 10.5. The van der Waals surface area contributed by atoms with E-state index in [0.29, 0.717) is 0 Å². The molecule has 0 fully saturated rings. The predicted molar refractivity (Wildman–Crippen MR) is 27.6 cm³/mol. The van der Waals surface area contributed by atoms with Gasteiger partial charge in [-0.2, -0.15) is 0 Å². The summed E-state index contributed by atoms with van der Waals surface area (Å²) in [6.07, 6.45) is 0.781. The summed E-state index contributed by atoms with van der Waals surface area (Å²) in [6.45, 7) is 0.977. The Morgan fingerprint density at radius 1 is 1.67 bits per heavy atom. The second kappa shape index (κ2) is 5.14. The second-order valence-corrected chi connectivity index (χ2v) is 1.65. The Kier molecular flexibility index (Phi) is 5.25. The van der Waals surface area contributed by atoms with E-state index in [0.717, 1.165) is 23.5 Å². The average molecular weight is 106 g/mol. The molecule has 0 radical (unpaired) electrons. The summed E-state index contributed by atoms with van der Waals surface area (Å²) in [5.74, 6) is 0. The molecule has 0 saturated heterocycles. The molecule has 0 atom stereocenters. The molecule has 0 unspecified atom stereocenters. The normalized spacial score (nSPS) is 9.50. The average Bonchev–Trinajstić information content (AvgIpc) is 1.61. The van der Waals surface area contributed by atoms with E-state index in [-0.39, 0.29) is 6.61 Å². The van der Waals surface area contributed by atoms with Crippen molar-refractivity contribution in [2.45, 2.75) is 6.42 Å². The van der Waals surface area contributed by atoms with Crippen LogP contribution in [-0.2, 0) is 4.43 Å². The highest BCUT2D eigenvalue weighted by atomic mass is 28.2. The topological polar surface area (TPSA) is 29.5 Å². The summed E-state index contributed by atoms with van der Waals surface area (Å²) in [7, 11) is 0.792. The first-order valence-corrected chi connectivity index (χ1v) is 2.83. The van der Waals surface area contributed by atoms with Crippen LogP contribution in [0.5, 0.6) is 0 Å². The van der Waals surface area contributed by atoms with Crippen LogP contribution in [0.15, 0.2) is 0 Å². The lowest BCUT2D eigenvalue weighted by Crippen LogP contribution is -1.91. The van der Waals surface area contributed by atoms with E-state index in [4.69, 9.17) is 9.53 Å². The molecule has 2 nitrogen and oxygen atoms in total. The van der Waals surface area contributed by atoms with E-state index < -0.39 is 0 Å². The van der Waals surface area contributed by atoms with Crippen LogP contribution >= 0.6 is 0 Å². The van der Waals surface area contributed by atoms with E-state index in [1.807, 2.05) is 0 Å². The zero-order valence-electron chi connectivity index (χ0n) is 3.98. The maximum Gasteiger partial charge on any atom is 0.145 e. The molecule has 0 spiro atoms. The standard InChI is InChI=1S/C3H10O2Si/c4-2-1-3-5-6/h4H,1-3H2,6H3. The van der Waals surface area contributed by atoms with Crippen molar-refractivity contribution in [2.75, 3.05) is 13.2 Å². The molecule has 0 aromatic carbocycles. The third-order valence-electron chi connectivity index (χ3n) is 0.507. The van der Waals surface area contributed by atoms with Gasteiger partial charge in [-0.05, 0) is 6.42 Å². The molecule has 0 aliphatic carbocycles. The summed E-state index contributed by atoms with van der Waals surface area (Å²) in [5, 5.41) is 8.13. The molecule has 0 amide bonds. The minimum atomic E-state index is 0.252. The molecule has 38 valence electrons. The molecule has 0 aliphatic rings. The van der Waals surface area contributed by atoms with Crippen LogP contribution in [0.3, 0.4) is 0 Å². The Labute approximate surface area is 40.7 Å². The lowest BCUT2D eigenvalue weighted by Gasteiger charge is -1.89. The van der Waals surface area contributed by atoms with E-state index in [1.165, 1.54) is 0 Å². The van der Waals surface area contributed by atoms with E-state index in [2.05, 4.69) is 0 Å². The molecule has 0 aromatic heterocycles. The van der Waals surface area contributed by atoms with Gasteiger partial charge in [0.2, 0.25) is 0 Å². The molecule has 6 heavy (non-hydrogen) atoms. The van der Waals surface area contributed by atoms with E-state index >= 15 is 0 Å². The zero-order valence-corrected chi connectivity index (χ0v) is 5.98. The fourth-order valence-electron chi connectivity index (χ4n) is 0.209. The molecule has 0 rings (SSSR count). The maximum absolute atomic E-state index is 8.13. The third kappa shape index (κ3) is 4.14. The summed E-state index contributed by atoms with van der Waals surface area (Å²) in [4.78, 5) is 0. The molecular formula is C3H10O2Si. The molecule has 3 heteroatoms. The van der Waals surface area contributed by atoms with Gasteiger partial charge in [-0.25, -0.2) is 0 Å². The van der Waals surface area contributed by atoms with Gasteiger partial charge in [-0.1, -0.05) is 0 Å². The van der Waals surface area contributed by atoms with Crippen LogP contribution in [0.25, 0.3) is 0 Å². The molecule has 0 aliphatic heterocycles. The summed E-state index contributed by atoms with van der Waals surface area (Å²) >= 11 is 0. The smallest absolute Gasteiger partial charge is 0.145 e. The monoisotopic (exact) mass is 106 g/mol. The summed E-state index contributed by atoms with van der Waals surface area (Å²) in [5.41, 5.74) is 0. The van der Waals surface area contributed by atoms with Gasteiger partial charge in [0, 0.05) is 13.2 Å². The molecule has 1 N–H and O–H groups in total. The lowest BCUT2D eigenvalue weighted by molar-refractivity contribution is 0.243. The van der Waals surface area contributed by atoms with Gasteiger partial charge in [-0.3, -0.25) is 0 Å². The number of hydrogen-bond donors (Lipinski definition) is 1. The van der Waals surface area contributed by atoms with E-state index in [1.54, 1.807) is 0 Å². The van der Waals surface area contributed by atoms with Crippen LogP contribution in [0.2, 0.25) is 0 Å². The SMILES string of the molecule is OCCCO[SiH3]. The Morgan fingerprint density at radius 2 is 2.33 bits per heavy atom. The van der Waals surface area contributed by atoms with E-state index in [9.17, 15) is 0 Å². The van der Waals surface area contributed by atoms with Gasteiger partial charge in [0.15, 0.2) is 0 Å². The van der Waals surface area contributed by atoms with Crippen molar-refractivity contribution in [3.05, 3.63) is 0 Å². The minimum Gasteiger partial charge on any atom is -0.428 e. The van der Waals surface area contributed by atoms with Crippen LogP contribution in [0.1, 0.15) is 6.42 Å². The first kappa shape index (κ1) is 6.14. The zero-order chi connectivity index (χ0) is 4.83. The maximum atomic E-state index is 8.13. The highest BCUT2D eigenvalue weighted by Gasteiger charge is 1.75. The molecule has 0 heterocycles. The fourth-order valence-corrected chi connectivity index (χ4v) is 0.498. The van der Waals surface area contributed by atoms with Crippen molar-refractivity contribution in [3.8, 4) is 0 Å². The number of hydrogen-bond acceptors (Lipinski definition) is 2. The summed E-state index contributed by atoms with van der Waals surface area (Å²) in [6, 6.07) is 0. The van der Waals surface area contributed by atoms with Crippen molar-refractivity contribution in [1.82, 2.24) is 0 Å². The van der Waals surface area contributed by atoms with Gasteiger partial charge in [0.25, 0.3) is 0 Å². The first-order chi connectivity index (χ1) is 2.91. The first-order valence-electron chi connectivity index (χ1n) is 2.01. The number of aliphatic hydroxyl groups excluding tert-OH is 1. The van der Waals surface area contributed by atoms with Crippen molar-refractivity contribution < 1.29 is 9.53 Å². The van der Waals surface area contributed by atoms with Crippen molar-refractivity contribution in [2.24, 2.45) is 0 Å². The largest absolute Gasteiger partial charge is 0.428 e. The Bertz CT molecular complexity index is 20.8. The highest BCUT2D eigenvalue weighted by molar-refractivity contribution is 5.97. The van der Waals surface area contributed by atoms with Crippen LogP contribution < -0.4 is 0 Å². The van der Waals surface area contributed by atoms with Gasteiger partial charge in [0.1, 0.15) is 10.5 Å². The van der Waals surface area contributed by atoms with Crippen LogP contribution in [0.4, 0.5) is 0 Å². The Balaban J connectivity index is 2.34. The predicted octanol–water partition coefficient (Wildman–Crippen LogP) is -1.33. The Hall–Kier alpha value is 0.137. The second-order valence-electron chi connectivity index (χ2n) is 1.07. The number of rotatable bonds is 3. The van der Waals surface area contributed by atoms with Gasteiger partial charge in [0.05, 0.1) is 0 Å². The molecular weight excluding hydrogens is 96.1 g/mol. The summed E-state index contributed by atoms with van der Waals surface area (Å²) < 4.78 is 4.76. The Morgan fingerprint density at radius 3 is 2.50 bits per heavy atom. The molecule has 0 bridgehead atoms. The molecule has 0 aromatic rings. The third-order valence-corrected chi connectivity index (χ3v) is 0.915. The fraction of sp³-hybridized carbons (Fsp3) is 1.00. The van der Waals surface area contributed by atoms with Crippen LogP contribution in [-0.4, -0.2) is 28.8 Å².